The Morgan fingerprint density at radius 2 is 2.12 bits per heavy atom. The van der Waals surface area contributed by atoms with Crippen LogP contribution < -0.4 is 10.6 Å². The molecular weight excluding hydrogens is 216 g/mol. The van der Waals surface area contributed by atoms with E-state index >= 15 is 0 Å². The largest absolute Gasteiger partial charge is 0.385 e. The summed E-state index contributed by atoms with van der Waals surface area (Å²) in [5.74, 6) is 0.849. The number of ether oxygens (including phenoxy) is 1. The van der Waals surface area contributed by atoms with E-state index in [4.69, 9.17) is 4.74 Å². The molecule has 2 N–H and O–H groups in total. The molecular formula is C13H26N2O2. The average molecular weight is 242 g/mol. The number of hydrogen-bond donors (Lipinski definition) is 2. The van der Waals surface area contributed by atoms with Crippen LogP contribution in [0.15, 0.2) is 0 Å². The van der Waals surface area contributed by atoms with Crippen molar-refractivity contribution in [1.29, 1.82) is 0 Å². The number of nitrogens with one attached hydrogen (secondary N) is 2. The quantitative estimate of drug-likeness (QED) is 0.631. The predicted molar refractivity (Wildman–Crippen MR) is 68.9 cm³/mol. The number of rotatable bonds is 8. The fourth-order valence-electron chi connectivity index (χ4n) is 2.38. The molecule has 0 spiro atoms. The first-order chi connectivity index (χ1) is 8.24. The molecule has 0 radical (unpaired) electrons. The summed E-state index contributed by atoms with van der Waals surface area (Å²) in [7, 11) is 1.67. The van der Waals surface area contributed by atoms with E-state index in [1.165, 1.54) is 25.7 Å². The molecule has 1 amide bonds. The third-order valence-electron chi connectivity index (χ3n) is 3.54. The van der Waals surface area contributed by atoms with Crippen molar-refractivity contribution in [2.75, 3.05) is 26.8 Å². The Bertz CT molecular complexity index is 215. The minimum atomic E-state index is 0.0888. The van der Waals surface area contributed by atoms with Gasteiger partial charge in [0.25, 0.3) is 0 Å². The standard InChI is InChI=1S/C13H26N2O2/c1-11(12-6-3-4-7-12)15-10-13(16)14-8-5-9-17-2/h11-12,15H,3-10H2,1-2H3,(H,14,16)/t11-/m1/s1. The Balaban J connectivity index is 2.02. The van der Waals surface area contributed by atoms with Crippen molar-refractivity contribution >= 4 is 5.91 Å². The highest BCUT2D eigenvalue weighted by Crippen LogP contribution is 2.27. The van der Waals surface area contributed by atoms with Crippen LogP contribution >= 0.6 is 0 Å². The topological polar surface area (TPSA) is 50.4 Å². The van der Waals surface area contributed by atoms with Gasteiger partial charge in [-0.05, 0) is 32.1 Å². The Morgan fingerprint density at radius 1 is 1.41 bits per heavy atom. The van der Waals surface area contributed by atoms with Crippen LogP contribution in [-0.2, 0) is 9.53 Å². The van der Waals surface area contributed by atoms with Crippen LogP contribution in [0.3, 0.4) is 0 Å². The smallest absolute Gasteiger partial charge is 0.233 e. The maximum atomic E-state index is 11.5. The number of methoxy groups -OCH3 is 1. The van der Waals surface area contributed by atoms with Gasteiger partial charge in [-0.1, -0.05) is 12.8 Å². The highest BCUT2D eigenvalue weighted by atomic mass is 16.5. The molecule has 1 rings (SSSR count). The summed E-state index contributed by atoms with van der Waals surface area (Å²) in [5, 5.41) is 6.20. The summed E-state index contributed by atoms with van der Waals surface area (Å²) in [5.41, 5.74) is 0. The first-order valence-electron chi connectivity index (χ1n) is 6.73. The minimum absolute atomic E-state index is 0.0888. The number of carbonyl (C=O) groups excluding carboxylic acids is 1. The van der Waals surface area contributed by atoms with E-state index in [-0.39, 0.29) is 5.91 Å². The molecule has 0 heterocycles. The maximum Gasteiger partial charge on any atom is 0.233 e. The van der Waals surface area contributed by atoms with Crippen molar-refractivity contribution in [1.82, 2.24) is 10.6 Å². The fraction of sp³-hybridized carbons (Fsp3) is 0.923. The third-order valence-corrected chi connectivity index (χ3v) is 3.54. The van der Waals surface area contributed by atoms with Gasteiger partial charge in [0.2, 0.25) is 5.91 Å². The second-order valence-corrected chi connectivity index (χ2v) is 4.91. The molecule has 17 heavy (non-hydrogen) atoms. The van der Waals surface area contributed by atoms with Crippen LogP contribution in [0.25, 0.3) is 0 Å². The molecule has 4 nitrogen and oxygen atoms in total. The van der Waals surface area contributed by atoms with E-state index in [1.54, 1.807) is 7.11 Å². The van der Waals surface area contributed by atoms with Gasteiger partial charge in [0, 0.05) is 26.3 Å². The number of carbonyl (C=O) groups is 1. The lowest BCUT2D eigenvalue weighted by molar-refractivity contribution is -0.120. The van der Waals surface area contributed by atoms with Gasteiger partial charge >= 0.3 is 0 Å². The molecule has 0 aromatic carbocycles. The maximum absolute atomic E-state index is 11.5. The van der Waals surface area contributed by atoms with Crippen molar-refractivity contribution in [3.63, 3.8) is 0 Å². The minimum Gasteiger partial charge on any atom is -0.385 e. The molecule has 0 bridgehead atoms. The van der Waals surface area contributed by atoms with Gasteiger partial charge in [-0.2, -0.15) is 0 Å². The molecule has 0 aliphatic heterocycles. The van der Waals surface area contributed by atoms with Gasteiger partial charge in [-0.3, -0.25) is 4.79 Å². The van der Waals surface area contributed by atoms with E-state index in [9.17, 15) is 4.79 Å². The van der Waals surface area contributed by atoms with Gasteiger partial charge in [0.1, 0.15) is 0 Å². The van der Waals surface area contributed by atoms with Gasteiger partial charge in [0.15, 0.2) is 0 Å². The van der Waals surface area contributed by atoms with Gasteiger partial charge in [-0.25, -0.2) is 0 Å². The first kappa shape index (κ1) is 14.5. The van der Waals surface area contributed by atoms with Gasteiger partial charge in [0.05, 0.1) is 6.54 Å². The lowest BCUT2D eigenvalue weighted by atomic mass is 10.00. The van der Waals surface area contributed by atoms with Crippen molar-refractivity contribution in [3.8, 4) is 0 Å². The normalized spacial score (nSPS) is 18.2. The first-order valence-corrected chi connectivity index (χ1v) is 6.73. The number of hydrogen-bond acceptors (Lipinski definition) is 3. The van der Waals surface area contributed by atoms with Crippen LogP contribution in [0.4, 0.5) is 0 Å². The summed E-state index contributed by atoms with van der Waals surface area (Å²) in [6, 6.07) is 0.460. The van der Waals surface area contributed by atoms with Crippen molar-refractivity contribution in [2.45, 2.75) is 45.1 Å². The van der Waals surface area contributed by atoms with Gasteiger partial charge < -0.3 is 15.4 Å². The van der Waals surface area contributed by atoms with E-state index in [1.807, 2.05) is 0 Å². The molecule has 1 saturated carbocycles. The zero-order valence-corrected chi connectivity index (χ0v) is 11.1. The molecule has 1 atom stereocenters. The molecule has 0 saturated heterocycles. The molecule has 4 heteroatoms. The Labute approximate surface area is 104 Å². The lowest BCUT2D eigenvalue weighted by Crippen LogP contribution is -2.41. The molecule has 1 aliphatic carbocycles. The molecule has 1 fully saturated rings. The molecule has 1 aliphatic rings. The average Bonchev–Trinajstić information content (AvgIpc) is 2.85. The highest BCUT2D eigenvalue weighted by Gasteiger charge is 2.21. The Morgan fingerprint density at radius 3 is 2.76 bits per heavy atom. The zero-order valence-electron chi connectivity index (χ0n) is 11.1. The highest BCUT2D eigenvalue weighted by molar-refractivity contribution is 5.77. The van der Waals surface area contributed by atoms with E-state index in [2.05, 4.69) is 17.6 Å². The molecule has 0 unspecified atom stereocenters. The summed E-state index contributed by atoms with van der Waals surface area (Å²) in [6.07, 6.45) is 6.19. The molecule has 100 valence electrons. The fourth-order valence-corrected chi connectivity index (χ4v) is 2.38. The van der Waals surface area contributed by atoms with E-state index in [0.29, 0.717) is 25.7 Å². The van der Waals surface area contributed by atoms with Crippen molar-refractivity contribution in [2.24, 2.45) is 5.92 Å². The second kappa shape index (κ2) is 8.48. The van der Waals surface area contributed by atoms with Crippen LogP contribution in [-0.4, -0.2) is 38.8 Å². The zero-order chi connectivity index (χ0) is 12.5. The van der Waals surface area contributed by atoms with Gasteiger partial charge in [-0.15, -0.1) is 0 Å². The van der Waals surface area contributed by atoms with E-state index < -0.39 is 0 Å². The SMILES string of the molecule is COCCCNC(=O)CN[C@H](C)C1CCCC1. The van der Waals surface area contributed by atoms with Crippen molar-refractivity contribution in [3.05, 3.63) is 0 Å². The van der Waals surface area contributed by atoms with Crippen molar-refractivity contribution < 1.29 is 9.53 Å². The summed E-state index contributed by atoms with van der Waals surface area (Å²) < 4.78 is 4.92. The summed E-state index contributed by atoms with van der Waals surface area (Å²) >= 11 is 0. The number of amides is 1. The Hall–Kier alpha value is -0.610. The third kappa shape index (κ3) is 6.03. The summed E-state index contributed by atoms with van der Waals surface area (Å²) in [6.45, 7) is 4.02. The van der Waals surface area contributed by atoms with Crippen LogP contribution in [0.5, 0.6) is 0 Å². The molecule has 0 aromatic heterocycles. The second-order valence-electron chi connectivity index (χ2n) is 4.91. The van der Waals surface area contributed by atoms with Crippen LogP contribution in [0, 0.1) is 5.92 Å². The monoisotopic (exact) mass is 242 g/mol. The predicted octanol–water partition coefficient (Wildman–Crippen LogP) is 1.31. The van der Waals surface area contributed by atoms with Crippen LogP contribution in [0.2, 0.25) is 0 Å². The lowest BCUT2D eigenvalue weighted by Gasteiger charge is -2.20. The Kier molecular flexibility index (Phi) is 7.21. The van der Waals surface area contributed by atoms with E-state index in [0.717, 1.165) is 12.3 Å². The summed E-state index contributed by atoms with van der Waals surface area (Å²) in [4.78, 5) is 11.5. The molecule has 0 aromatic rings. The van der Waals surface area contributed by atoms with Crippen LogP contribution in [0.1, 0.15) is 39.0 Å².